The number of rotatable bonds is 7. The molecule has 2 rings (SSSR count). The third kappa shape index (κ3) is 3.86. The lowest BCUT2D eigenvalue weighted by atomic mass is 10.2. The fourth-order valence-corrected chi connectivity index (χ4v) is 1.58. The van der Waals surface area contributed by atoms with Gasteiger partial charge in [0.25, 0.3) is 0 Å². The minimum Gasteiger partial charge on any atom is -0.490 e. The van der Waals surface area contributed by atoms with Gasteiger partial charge in [0.1, 0.15) is 12.7 Å². The van der Waals surface area contributed by atoms with Crippen molar-refractivity contribution >= 4 is 5.97 Å². The van der Waals surface area contributed by atoms with Crippen molar-refractivity contribution in [1.29, 1.82) is 0 Å². The summed E-state index contributed by atoms with van der Waals surface area (Å²) in [5, 5.41) is 0. The van der Waals surface area contributed by atoms with E-state index >= 15 is 0 Å². The smallest absolute Gasteiger partial charge is 0.338 e. The first kappa shape index (κ1) is 13.7. The van der Waals surface area contributed by atoms with Gasteiger partial charge in [-0.15, -0.1) is 0 Å². The van der Waals surface area contributed by atoms with Crippen LogP contribution in [0.15, 0.2) is 18.2 Å². The van der Waals surface area contributed by atoms with Crippen LogP contribution in [0.1, 0.15) is 24.2 Å². The summed E-state index contributed by atoms with van der Waals surface area (Å²) in [6.45, 7) is 5.74. The Kier molecular flexibility index (Phi) is 4.63. The number of carbonyl (C=O) groups is 1. The van der Waals surface area contributed by atoms with Gasteiger partial charge >= 0.3 is 5.97 Å². The minimum absolute atomic E-state index is 0.153. The molecule has 5 heteroatoms. The molecule has 1 heterocycles. The predicted octanol–water partition coefficient (Wildman–Crippen LogP) is 2.04. The SMILES string of the molecule is CCOC(=O)c1ccc(OCC)c(OCC2CO2)c1. The molecule has 0 aliphatic carbocycles. The van der Waals surface area contributed by atoms with Crippen LogP contribution in [0.5, 0.6) is 11.5 Å². The Balaban J connectivity index is 2.12. The van der Waals surface area contributed by atoms with Gasteiger partial charge in [-0.05, 0) is 32.0 Å². The minimum atomic E-state index is -0.363. The van der Waals surface area contributed by atoms with Crippen LogP contribution in [0.25, 0.3) is 0 Å². The molecule has 1 atom stereocenters. The van der Waals surface area contributed by atoms with Crippen molar-refractivity contribution in [2.45, 2.75) is 20.0 Å². The molecule has 0 aromatic heterocycles. The molecule has 0 N–H and O–H groups in total. The molecule has 1 aromatic rings. The van der Waals surface area contributed by atoms with Gasteiger partial charge in [0.05, 0.1) is 25.4 Å². The third-order valence-corrected chi connectivity index (χ3v) is 2.58. The number of hydrogen-bond donors (Lipinski definition) is 0. The summed E-state index contributed by atoms with van der Waals surface area (Å²) >= 11 is 0. The highest BCUT2D eigenvalue weighted by Crippen LogP contribution is 2.29. The standard InChI is InChI=1S/C14H18O5/c1-3-16-12-6-5-10(14(15)17-4-2)7-13(12)19-9-11-8-18-11/h5-7,11H,3-4,8-9H2,1-2H3. The number of epoxide rings is 1. The van der Waals surface area contributed by atoms with Gasteiger partial charge in [-0.3, -0.25) is 0 Å². The molecule has 1 fully saturated rings. The van der Waals surface area contributed by atoms with Crippen molar-refractivity contribution in [3.63, 3.8) is 0 Å². The lowest BCUT2D eigenvalue weighted by Crippen LogP contribution is -2.08. The maximum atomic E-state index is 11.7. The second-order valence-electron chi connectivity index (χ2n) is 4.08. The number of ether oxygens (including phenoxy) is 4. The highest BCUT2D eigenvalue weighted by atomic mass is 16.6. The first-order valence-corrected chi connectivity index (χ1v) is 6.43. The summed E-state index contributed by atoms with van der Waals surface area (Å²) in [7, 11) is 0. The fraction of sp³-hybridized carbons (Fsp3) is 0.500. The molecule has 0 bridgehead atoms. The zero-order valence-corrected chi connectivity index (χ0v) is 11.2. The van der Waals surface area contributed by atoms with Gasteiger partial charge in [0.2, 0.25) is 0 Å². The Bertz CT molecular complexity index is 439. The molecule has 0 saturated carbocycles. The van der Waals surface area contributed by atoms with Gasteiger partial charge in [-0.2, -0.15) is 0 Å². The second kappa shape index (κ2) is 6.43. The molecule has 1 aliphatic heterocycles. The van der Waals surface area contributed by atoms with E-state index < -0.39 is 0 Å². The van der Waals surface area contributed by atoms with E-state index in [1.165, 1.54) is 0 Å². The van der Waals surface area contributed by atoms with Crippen LogP contribution in [-0.2, 0) is 9.47 Å². The van der Waals surface area contributed by atoms with Crippen LogP contribution in [0.2, 0.25) is 0 Å². The van der Waals surface area contributed by atoms with Crippen molar-refractivity contribution in [3.05, 3.63) is 23.8 Å². The lowest BCUT2D eigenvalue weighted by molar-refractivity contribution is 0.0525. The summed E-state index contributed by atoms with van der Waals surface area (Å²) in [6, 6.07) is 5.04. The molecule has 1 aromatic carbocycles. The maximum Gasteiger partial charge on any atom is 0.338 e. The monoisotopic (exact) mass is 266 g/mol. The highest BCUT2D eigenvalue weighted by molar-refractivity contribution is 5.90. The van der Waals surface area contributed by atoms with Crippen LogP contribution >= 0.6 is 0 Å². The molecule has 0 amide bonds. The topological polar surface area (TPSA) is 57.3 Å². The predicted molar refractivity (Wildman–Crippen MR) is 68.8 cm³/mol. The molecule has 19 heavy (non-hydrogen) atoms. The average Bonchev–Trinajstić information content (AvgIpc) is 3.22. The van der Waals surface area contributed by atoms with E-state index in [9.17, 15) is 4.79 Å². The normalized spacial score (nSPS) is 16.8. The maximum absolute atomic E-state index is 11.7. The van der Waals surface area contributed by atoms with E-state index in [1.54, 1.807) is 25.1 Å². The molecule has 104 valence electrons. The second-order valence-corrected chi connectivity index (χ2v) is 4.08. The van der Waals surface area contributed by atoms with Gasteiger partial charge in [-0.25, -0.2) is 4.79 Å². The van der Waals surface area contributed by atoms with E-state index in [-0.39, 0.29) is 12.1 Å². The molecule has 1 saturated heterocycles. The van der Waals surface area contributed by atoms with Gasteiger partial charge in [-0.1, -0.05) is 0 Å². The van der Waals surface area contributed by atoms with Crippen molar-refractivity contribution in [2.24, 2.45) is 0 Å². The number of hydrogen-bond acceptors (Lipinski definition) is 5. The molecule has 0 radical (unpaired) electrons. The molecule has 0 spiro atoms. The Morgan fingerprint density at radius 1 is 1.26 bits per heavy atom. The van der Waals surface area contributed by atoms with E-state index in [1.807, 2.05) is 6.92 Å². The summed E-state index contributed by atoms with van der Waals surface area (Å²) in [5.41, 5.74) is 0.456. The van der Waals surface area contributed by atoms with Crippen molar-refractivity contribution in [3.8, 4) is 11.5 Å². The van der Waals surface area contributed by atoms with Gasteiger partial charge < -0.3 is 18.9 Å². The zero-order valence-electron chi connectivity index (χ0n) is 11.2. The zero-order chi connectivity index (χ0) is 13.7. The summed E-state index contributed by atoms with van der Waals surface area (Å²) < 4.78 is 21.1. The number of benzene rings is 1. The molecular formula is C14H18O5. The van der Waals surface area contributed by atoms with Gasteiger partial charge in [0, 0.05) is 0 Å². The van der Waals surface area contributed by atoms with E-state index in [0.29, 0.717) is 36.9 Å². The van der Waals surface area contributed by atoms with E-state index in [4.69, 9.17) is 18.9 Å². The Morgan fingerprint density at radius 2 is 2.05 bits per heavy atom. The lowest BCUT2D eigenvalue weighted by Gasteiger charge is -2.12. The largest absolute Gasteiger partial charge is 0.490 e. The Morgan fingerprint density at radius 3 is 2.68 bits per heavy atom. The van der Waals surface area contributed by atoms with Crippen molar-refractivity contribution in [2.75, 3.05) is 26.4 Å². The number of esters is 1. The Labute approximate surface area is 112 Å². The van der Waals surface area contributed by atoms with Crippen LogP contribution in [-0.4, -0.2) is 38.5 Å². The van der Waals surface area contributed by atoms with Crippen LogP contribution in [0.3, 0.4) is 0 Å². The molecule has 1 unspecified atom stereocenters. The summed E-state index contributed by atoms with van der Waals surface area (Å²) in [6.07, 6.45) is 0.153. The summed E-state index contributed by atoms with van der Waals surface area (Å²) in [5.74, 6) is 0.803. The average molecular weight is 266 g/mol. The van der Waals surface area contributed by atoms with Crippen LogP contribution in [0, 0.1) is 0 Å². The van der Waals surface area contributed by atoms with Crippen molar-refractivity contribution in [1.82, 2.24) is 0 Å². The Hall–Kier alpha value is -1.75. The first-order valence-electron chi connectivity index (χ1n) is 6.43. The first-order chi connectivity index (χ1) is 9.24. The van der Waals surface area contributed by atoms with Crippen LogP contribution < -0.4 is 9.47 Å². The van der Waals surface area contributed by atoms with E-state index in [0.717, 1.165) is 6.61 Å². The molecule has 1 aliphatic rings. The molecular weight excluding hydrogens is 248 g/mol. The third-order valence-electron chi connectivity index (χ3n) is 2.58. The van der Waals surface area contributed by atoms with E-state index in [2.05, 4.69) is 0 Å². The van der Waals surface area contributed by atoms with Crippen LogP contribution in [0.4, 0.5) is 0 Å². The fourth-order valence-electron chi connectivity index (χ4n) is 1.58. The summed E-state index contributed by atoms with van der Waals surface area (Å²) in [4.78, 5) is 11.7. The van der Waals surface area contributed by atoms with Gasteiger partial charge in [0.15, 0.2) is 11.5 Å². The highest BCUT2D eigenvalue weighted by Gasteiger charge is 2.24. The number of carbonyl (C=O) groups excluding carboxylic acids is 1. The molecule has 5 nitrogen and oxygen atoms in total. The van der Waals surface area contributed by atoms with Crippen molar-refractivity contribution < 1.29 is 23.7 Å². The quantitative estimate of drug-likeness (QED) is 0.558.